The Bertz CT molecular complexity index is 2480. The number of hydrogen-bond donors (Lipinski definition) is 4. The summed E-state index contributed by atoms with van der Waals surface area (Å²) in [4.78, 5) is 93.8. The molecule has 14 nitrogen and oxygen atoms in total. The molecule has 4 fully saturated rings. The average Bonchev–Trinajstić information content (AvgIpc) is 4.40. The second-order valence-corrected chi connectivity index (χ2v) is 23.9. The number of likely N-dealkylation sites (tertiary alicyclic amines) is 2. The second-order valence-electron chi connectivity index (χ2n) is 23.9. The van der Waals surface area contributed by atoms with Crippen molar-refractivity contribution in [1.29, 1.82) is 0 Å². The van der Waals surface area contributed by atoms with Crippen LogP contribution in [0.4, 0.5) is 0 Å². The van der Waals surface area contributed by atoms with Crippen molar-refractivity contribution in [2.45, 2.75) is 180 Å². The molecule has 2 saturated carbocycles. The molecule has 2 heterocycles. The summed E-state index contributed by atoms with van der Waals surface area (Å²) in [6.07, 6.45) is 16.5. The quantitative estimate of drug-likeness (QED) is 0.0459. The van der Waals surface area contributed by atoms with Gasteiger partial charge in [-0.25, -0.2) is 0 Å². The molecule has 6 amide bonds. The van der Waals surface area contributed by atoms with Crippen molar-refractivity contribution in [3.63, 3.8) is 0 Å². The zero-order valence-corrected chi connectivity index (χ0v) is 49.6. The fourth-order valence-electron chi connectivity index (χ4n) is 13.0. The van der Waals surface area contributed by atoms with Crippen molar-refractivity contribution in [3.05, 3.63) is 131 Å². The van der Waals surface area contributed by atoms with E-state index in [1.165, 1.54) is 0 Å². The lowest BCUT2D eigenvalue weighted by atomic mass is 9.83. The highest BCUT2D eigenvalue weighted by Crippen LogP contribution is 2.32. The van der Waals surface area contributed by atoms with Crippen LogP contribution < -0.4 is 21.3 Å². The normalized spacial score (nSPS) is 19.2. The molecule has 8 rings (SSSR count). The predicted molar refractivity (Wildman–Crippen MR) is 326 cm³/mol. The number of rotatable bonds is 27. The number of nitrogens with zero attached hydrogens (tertiary/aromatic N) is 4. The summed E-state index contributed by atoms with van der Waals surface area (Å²) in [7, 11) is 0. The van der Waals surface area contributed by atoms with Crippen molar-refractivity contribution < 1.29 is 28.8 Å². The maximum Gasteiger partial charge on any atom is 0.253 e. The third kappa shape index (κ3) is 16.9. The van der Waals surface area contributed by atoms with Gasteiger partial charge in [0, 0.05) is 62.5 Å². The van der Waals surface area contributed by atoms with E-state index in [0.29, 0.717) is 63.2 Å². The average molecular weight is 1120 g/mol. The van der Waals surface area contributed by atoms with Crippen molar-refractivity contribution in [2.75, 3.05) is 52.4 Å². The van der Waals surface area contributed by atoms with Gasteiger partial charge in [-0.15, -0.1) is 0 Å². The number of amides is 6. The highest BCUT2D eigenvalue weighted by Gasteiger charge is 2.42. The van der Waals surface area contributed by atoms with Gasteiger partial charge in [-0.3, -0.25) is 28.8 Å². The first kappa shape index (κ1) is 61.7. The Labute approximate surface area is 489 Å². The maximum absolute atomic E-state index is 14.8. The molecule has 6 atom stereocenters. The zero-order chi connectivity index (χ0) is 57.8. The molecular weight excluding hydrogens is 1020 g/mol. The predicted octanol–water partition coefficient (Wildman–Crippen LogP) is 9.61. The monoisotopic (exact) mass is 1120 g/mol. The molecule has 0 unspecified atom stereocenters. The van der Waals surface area contributed by atoms with E-state index in [2.05, 4.69) is 59.4 Å². The van der Waals surface area contributed by atoms with E-state index in [-0.39, 0.29) is 59.4 Å². The molecule has 0 spiro atoms. The highest BCUT2D eigenvalue weighted by atomic mass is 16.2. The van der Waals surface area contributed by atoms with Gasteiger partial charge in [0.15, 0.2) is 0 Å². The van der Waals surface area contributed by atoms with Crippen molar-refractivity contribution >= 4 is 35.4 Å². The highest BCUT2D eigenvalue weighted by molar-refractivity contribution is 5.96. The molecule has 0 aromatic heterocycles. The minimum absolute atomic E-state index is 0.0305. The van der Waals surface area contributed by atoms with Gasteiger partial charge in [-0.2, -0.15) is 0 Å². The topological polar surface area (TPSA) is 163 Å². The van der Waals surface area contributed by atoms with Crippen LogP contribution in [0.25, 0.3) is 11.1 Å². The van der Waals surface area contributed by atoms with Gasteiger partial charge in [0.1, 0.15) is 12.1 Å². The van der Waals surface area contributed by atoms with E-state index < -0.39 is 24.2 Å². The van der Waals surface area contributed by atoms with E-state index in [1.54, 1.807) is 0 Å². The summed E-state index contributed by atoms with van der Waals surface area (Å²) < 4.78 is 0. The van der Waals surface area contributed by atoms with Crippen molar-refractivity contribution in [3.8, 4) is 11.1 Å². The van der Waals surface area contributed by atoms with Crippen LogP contribution in [0, 0.1) is 11.8 Å². The van der Waals surface area contributed by atoms with Crippen LogP contribution in [0.2, 0.25) is 0 Å². The van der Waals surface area contributed by atoms with Crippen LogP contribution >= 0.6 is 0 Å². The minimum atomic E-state index is -0.598. The van der Waals surface area contributed by atoms with Gasteiger partial charge >= 0.3 is 0 Å². The SMILES string of the molecule is CCCN[C@@H](C)C(=O)N[C@H](C(=O)N1CCC[C@H]1CN(CCc1ccccc1)C(=O)c1ccc(-c2ccc(C(=O)N(CCc3ccccc3)C[C@@H]3CCCN3C(=O)[C@@H](NC(=O)[C@H](C)NCCC)C3CCCCC3)cc2)cc1)C1CCCCC1. The first-order valence-corrected chi connectivity index (χ1v) is 31.5. The van der Waals surface area contributed by atoms with Crippen LogP contribution in [-0.2, 0) is 32.0 Å². The Kier molecular flexibility index (Phi) is 23.6. The van der Waals surface area contributed by atoms with Crippen LogP contribution in [0.3, 0.4) is 0 Å². The fourth-order valence-corrected chi connectivity index (χ4v) is 13.0. The van der Waals surface area contributed by atoms with Crippen molar-refractivity contribution in [1.82, 2.24) is 40.9 Å². The molecule has 4 aliphatic rings. The Morgan fingerprint density at radius 2 is 0.841 bits per heavy atom. The first-order chi connectivity index (χ1) is 39.9. The molecule has 2 aliphatic heterocycles. The third-order valence-electron chi connectivity index (χ3n) is 17.9. The Balaban J connectivity index is 0.965. The van der Waals surface area contributed by atoms with Gasteiger partial charge in [0.25, 0.3) is 11.8 Å². The number of hydrogen-bond acceptors (Lipinski definition) is 8. The standard InChI is InChI=1S/C68H94N8O6/c1-5-41-69-49(3)63(77)71-61(55-25-15-9-16-26-55)67(81)75-43-19-29-59(75)47-73(45-39-51-21-11-7-12-22-51)65(79)57-35-31-53(32-36-57)54-33-37-58(38-34-54)66(80)74(46-40-52-23-13-8-14-24-52)48-60-30-20-44-76(60)68(82)62(56-27-17-10-18-28-56)72-64(78)50(4)70-42-6-2/h7-8,11-14,21-24,31-38,49-50,55-56,59-62,69-70H,5-6,9-10,15-20,25-30,39-48H2,1-4H3,(H,71,77)(H,72,78)/t49-,50-,59-,60-,61-,62-/m0/s1. The Morgan fingerprint density at radius 1 is 0.476 bits per heavy atom. The summed E-state index contributed by atoms with van der Waals surface area (Å²) in [5.41, 5.74) is 5.18. The number of nitrogens with one attached hydrogen (secondary N) is 4. The molecule has 442 valence electrons. The Hall–Kier alpha value is -6.38. The maximum atomic E-state index is 14.8. The molecule has 2 saturated heterocycles. The number of carbonyl (C=O) groups is 6. The van der Waals surface area contributed by atoms with Gasteiger partial charge in [-0.05, 0) is 162 Å². The summed E-state index contributed by atoms with van der Waals surface area (Å²) in [6, 6.07) is 33.3. The third-order valence-corrected chi connectivity index (χ3v) is 17.9. The van der Waals surface area contributed by atoms with E-state index in [1.807, 2.05) is 118 Å². The molecule has 82 heavy (non-hydrogen) atoms. The van der Waals surface area contributed by atoms with Gasteiger partial charge in [0.2, 0.25) is 23.6 Å². The molecule has 2 aliphatic carbocycles. The first-order valence-electron chi connectivity index (χ1n) is 31.5. The molecule has 4 N–H and O–H groups in total. The lowest BCUT2D eigenvalue weighted by Crippen LogP contribution is -2.57. The Morgan fingerprint density at radius 3 is 1.20 bits per heavy atom. The van der Waals surface area contributed by atoms with Crippen LogP contribution in [0.1, 0.15) is 162 Å². The van der Waals surface area contributed by atoms with Gasteiger partial charge in [-0.1, -0.05) is 137 Å². The molecule has 0 bridgehead atoms. The molecule has 14 heteroatoms. The molecular formula is C68H94N8O6. The lowest BCUT2D eigenvalue weighted by Gasteiger charge is -2.37. The van der Waals surface area contributed by atoms with Crippen LogP contribution in [0.15, 0.2) is 109 Å². The summed E-state index contributed by atoms with van der Waals surface area (Å²) in [5, 5.41) is 13.0. The molecule has 4 aromatic carbocycles. The second kappa shape index (κ2) is 31.3. The van der Waals surface area contributed by atoms with Crippen molar-refractivity contribution in [2.24, 2.45) is 11.8 Å². The summed E-state index contributed by atoms with van der Waals surface area (Å²) in [6.45, 7) is 12.2. The van der Waals surface area contributed by atoms with Gasteiger partial charge in [0.05, 0.1) is 12.1 Å². The molecule has 0 radical (unpaired) electrons. The van der Waals surface area contributed by atoms with E-state index in [4.69, 9.17) is 0 Å². The summed E-state index contributed by atoms with van der Waals surface area (Å²) in [5.74, 6) is -0.392. The van der Waals surface area contributed by atoms with Gasteiger partial charge < -0.3 is 40.9 Å². The fraction of sp³-hybridized carbons (Fsp3) is 0.559. The molecule has 4 aromatic rings. The van der Waals surface area contributed by atoms with E-state index >= 15 is 0 Å². The largest absolute Gasteiger partial charge is 0.343 e. The summed E-state index contributed by atoms with van der Waals surface area (Å²) >= 11 is 0. The zero-order valence-electron chi connectivity index (χ0n) is 49.6. The smallest absolute Gasteiger partial charge is 0.253 e. The van der Waals surface area contributed by atoms with Crippen LogP contribution in [-0.4, -0.2) is 144 Å². The number of carbonyl (C=O) groups excluding carboxylic acids is 6. The minimum Gasteiger partial charge on any atom is -0.343 e. The van der Waals surface area contributed by atoms with E-state index in [9.17, 15) is 28.8 Å². The number of benzene rings is 4. The van der Waals surface area contributed by atoms with E-state index in [0.717, 1.165) is 138 Å². The van der Waals surface area contributed by atoms with Crippen LogP contribution in [0.5, 0.6) is 0 Å². The lowest BCUT2D eigenvalue weighted by molar-refractivity contribution is -0.139.